The smallest absolute Gasteiger partial charge is 0.119 e. The van der Waals surface area contributed by atoms with Crippen molar-refractivity contribution in [1.82, 2.24) is 0 Å². The second-order valence-corrected chi connectivity index (χ2v) is 4.62. The zero-order chi connectivity index (χ0) is 11.4. The highest BCUT2D eigenvalue weighted by Crippen LogP contribution is 2.33. The molecule has 0 heterocycles. The van der Waals surface area contributed by atoms with Gasteiger partial charge in [0.05, 0.1) is 6.61 Å². The molecule has 1 atom stereocenters. The highest BCUT2D eigenvalue weighted by Gasteiger charge is 2.27. The van der Waals surface area contributed by atoms with Gasteiger partial charge in [0.25, 0.3) is 0 Å². The first-order valence-corrected chi connectivity index (χ1v) is 6.27. The maximum Gasteiger partial charge on any atom is 0.119 e. The van der Waals surface area contributed by atoms with Crippen molar-refractivity contribution in [1.29, 1.82) is 0 Å². The van der Waals surface area contributed by atoms with Gasteiger partial charge in [0, 0.05) is 6.04 Å². The maximum absolute atomic E-state index is 6.09. The topological polar surface area (TPSA) is 35.2 Å². The highest BCUT2D eigenvalue weighted by molar-refractivity contribution is 5.28. The van der Waals surface area contributed by atoms with Crippen molar-refractivity contribution in [2.75, 3.05) is 6.61 Å². The zero-order valence-corrected chi connectivity index (χ0v) is 9.99. The van der Waals surface area contributed by atoms with Crippen LogP contribution in [-0.4, -0.2) is 12.6 Å². The lowest BCUT2D eigenvalue weighted by atomic mass is 10.0. The highest BCUT2D eigenvalue weighted by atomic mass is 16.5. The normalized spacial score (nSPS) is 17.1. The summed E-state index contributed by atoms with van der Waals surface area (Å²) in [4.78, 5) is 0. The Morgan fingerprint density at radius 1 is 1.44 bits per heavy atom. The molecule has 0 amide bonds. The average Bonchev–Trinajstić information content (AvgIpc) is 3.11. The lowest BCUT2D eigenvalue weighted by Gasteiger charge is -2.10. The van der Waals surface area contributed by atoms with Gasteiger partial charge < -0.3 is 10.5 Å². The molecule has 2 nitrogen and oxygen atoms in total. The van der Waals surface area contributed by atoms with Crippen LogP contribution in [0.25, 0.3) is 0 Å². The van der Waals surface area contributed by atoms with Crippen molar-refractivity contribution in [3.8, 4) is 5.75 Å². The van der Waals surface area contributed by atoms with Crippen LogP contribution in [0.1, 0.15) is 31.7 Å². The molecule has 2 N–H and O–H groups in total. The van der Waals surface area contributed by atoms with Gasteiger partial charge in [-0.25, -0.2) is 0 Å². The van der Waals surface area contributed by atoms with E-state index in [1.165, 1.54) is 18.4 Å². The van der Waals surface area contributed by atoms with Crippen molar-refractivity contribution < 1.29 is 4.74 Å². The quantitative estimate of drug-likeness (QED) is 0.798. The summed E-state index contributed by atoms with van der Waals surface area (Å²) in [6.45, 7) is 2.74. The third-order valence-corrected chi connectivity index (χ3v) is 3.20. The lowest BCUT2D eigenvalue weighted by molar-refractivity contribution is 0.340. The molecule has 0 radical (unpaired) electrons. The van der Waals surface area contributed by atoms with Crippen LogP contribution >= 0.6 is 0 Å². The molecule has 1 aromatic rings. The Morgan fingerprint density at radius 2 is 2.25 bits per heavy atom. The van der Waals surface area contributed by atoms with Crippen molar-refractivity contribution in [3.63, 3.8) is 0 Å². The fraction of sp³-hybridized carbons (Fsp3) is 0.571. The Labute approximate surface area is 97.8 Å². The molecule has 2 rings (SSSR count). The van der Waals surface area contributed by atoms with Gasteiger partial charge in [-0.1, -0.05) is 12.1 Å². The van der Waals surface area contributed by atoms with Gasteiger partial charge in [0.1, 0.15) is 5.75 Å². The van der Waals surface area contributed by atoms with Crippen LogP contribution < -0.4 is 10.5 Å². The van der Waals surface area contributed by atoms with E-state index in [1.807, 2.05) is 13.0 Å². The Hall–Kier alpha value is -1.02. The largest absolute Gasteiger partial charge is 0.494 e. The number of aryl methyl sites for hydroxylation is 1. The van der Waals surface area contributed by atoms with Gasteiger partial charge in [-0.15, -0.1) is 0 Å². The zero-order valence-electron chi connectivity index (χ0n) is 9.99. The van der Waals surface area contributed by atoms with E-state index in [0.29, 0.717) is 6.04 Å². The summed E-state index contributed by atoms with van der Waals surface area (Å²) < 4.78 is 5.48. The van der Waals surface area contributed by atoms with Crippen molar-refractivity contribution >= 4 is 0 Å². The fourth-order valence-corrected chi connectivity index (χ4v) is 2.05. The van der Waals surface area contributed by atoms with Crippen LogP contribution in [-0.2, 0) is 6.42 Å². The Morgan fingerprint density at radius 3 is 2.94 bits per heavy atom. The second kappa shape index (κ2) is 5.35. The minimum Gasteiger partial charge on any atom is -0.494 e. The van der Waals surface area contributed by atoms with E-state index in [4.69, 9.17) is 10.5 Å². The first-order valence-electron chi connectivity index (χ1n) is 6.27. The van der Waals surface area contributed by atoms with Crippen molar-refractivity contribution in [2.24, 2.45) is 11.7 Å². The average molecular weight is 219 g/mol. The van der Waals surface area contributed by atoms with Crippen LogP contribution in [0.4, 0.5) is 0 Å². The molecular formula is C14H21NO. The minimum atomic E-state index is 0.399. The van der Waals surface area contributed by atoms with Crippen LogP contribution in [0.15, 0.2) is 24.3 Å². The SMILES string of the molecule is CCOc1cccc(CCC(N)C2CC2)c1. The summed E-state index contributed by atoms with van der Waals surface area (Å²) in [5.41, 5.74) is 7.43. The molecule has 0 bridgehead atoms. The van der Waals surface area contributed by atoms with E-state index in [9.17, 15) is 0 Å². The molecule has 1 unspecified atom stereocenters. The van der Waals surface area contributed by atoms with Crippen molar-refractivity contribution in [3.05, 3.63) is 29.8 Å². The van der Waals surface area contributed by atoms with Crippen molar-refractivity contribution in [2.45, 2.75) is 38.6 Å². The van der Waals surface area contributed by atoms with E-state index in [1.54, 1.807) is 0 Å². The molecule has 0 spiro atoms. The molecule has 0 aliphatic heterocycles. The van der Waals surface area contributed by atoms with Gasteiger partial charge in [0.15, 0.2) is 0 Å². The molecular weight excluding hydrogens is 198 g/mol. The predicted octanol–water partition coefficient (Wildman–Crippen LogP) is 2.76. The summed E-state index contributed by atoms with van der Waals surface area (Å²) in [6.07, 6.45) is 4.83. The number of ether oxygens (including phenoxy) is 1. The molecule has 1 aromatic carbocycles. The molecule has 1 aliphatic rings. The Bertz CT molecular complexity index is 333. The molecule has 1 fully saturated rings. The van der Waals surface area contributed by atoms with Gasteiger partial charge in [-0.05, 0) is 56.2 Å². The molecule has 1 saturated carbocycles. The fourth-order valence-electron chi connectivity index (χ4n) is 2.05. The lowest BCUT2D eigenvalue weighted by Crippen LogP contribution is -2.22. The third-order valence-electron chi connectivity index (χ3n) is 3.20. The van der Waals surface area contributed by atoms with Crippen LogP contribution in [0.2, 0.25) is 0 Å². The van der Waals surface area contributed by atoms with E-state index >= 15 is 0 Å². The van der Waals surface area contributed by atoms with Gasteiger partial charge in [0.2, 0.25) is 0 Å². The predicted molar refractivity (Wildman–Crippen MR) is 66.6 cm³/mol. The van der Waals surface area contributed by atoms with E-state index in [2.05, 4.69) is 18.2 Å². The minimum absolute atomic E-state index is 0.399. The number of benzene rings is 1. The van der Waals surface area contributed by atoms with E-state index in [0.717, 1.165) is 31.1 Å². The number of nitrogens with two attached hydrogens (primary N) is 1. The first kappa shape index (κ1) is 11.5. The second-order valence-electron chi connectivity index (χ2n) is 4.62. The summed E-state index contributed by atoms with van der Waals surface area (Å²) in [7, 11) is 0. The molecule has 0 saturated heterocycles. The Balaban J connectivity index is 1.85. The molecule has 88 valence electrons. The standard InChI is InChI=1S/C14H21NO/c1-2-16-13-5-3-4-11(10-13)6-9-14(15)12-7-8-12/h3-5,10,12,14H,2,6-9,15H2,1H3. The van der Waals surface area contributed by atoms with Gasteiger partial charge in [-0.2, -0.15) is 0 Å². The summed E-state index contributed by atoms with van der Waals surface area (Å²) in [5.74, 6) is 1.77. The summed E-state index contributed by atoms with van der Waals surface area (Å²) in [6, 6.07) is 8.75. The summed E-state index contributed by atoms with van der Waals surface area (Å²) in [5, 5.41) is 0. The van der Waals surface area contributed by atoms with Gasteiger partial charge >= 0.3 is 0 Å². The van der Waals surface area contributed by atoms with Crippen LogP contribution in [0, 0.1) is 5.92 Å². The first-order chi connectivity index (χ1) is 7.79. The van der Waals surface area contributed by atoms with E-state index in [-0.39, 0.29) is 0 Å². The van der Waals surface area contributed by atoms with E-state index < -0.39 is 0 Å². The molecule has 1 aliphatic carbocycles. The molecule has 16 heavy (non-hydrogen) atoms. The monoisotopic (exact) mass is 219 g/mol. The number of hydrogen-bond donors (Lipinski definition) is 1. The maximum atomic E-state index is 6.09. The number of rotatable bonds is 6. The number of hydrogen-bond acceptors (Lipinski definition) is 2. The third kappa shape index (κ3) is 3.24. The Kier molecular flexibility index (Phi) is 3.83. The summed E-state index contributed by atoms with van der Waals surface area (Å²) >= 11 is 0. The van der Waals surface area contributed by atoms with Crippen LogP contribution in [0.3, 0.4) is 0 Å². The van der Waals surface area contributed by atoms with Gasteiger partial charge in [-0.3, -0.25) is 0 Å². The van der Waals surface area contributed by atoms with Crippen LogP contribution in [0.5, 0.6) is 5.75 Å². The molecule has 2 heteroatoms. The molecule has 0 aromatic heterocycles.